The molecule has 0 aliphatic heterocycles. The van der Waals surface area contributed by atoms with E-state index >= 15 is 0 Å². The summed E-state index contributed by atoms with van der Waals surface area (Å²) in [5.41, 5.74) is 3.35. The molecule has 1 aromatic carbocycles. The first-order valence-electron chi connectivity index (χ1n) is 7.00. The van der Waals surface area contributed by atoms with Crippen molar-refractivity contribution in [1.82, 2.24) is 9.97 Å². The number of nitrogens with one attached hydrogen (secondary N) is 1. The lowest BCUT2D eigenvalue weighted by atomic mass is 10.0. The number of benzene rings is 1. The molecule has 2 aromatic rings. The number of nitrogens with zero attached hydrogens (tertiary/aromatic N) is 2. The van der Waals surface area contributed by atoms with E-state index in [1.165, 1.54) is 6.07 Å². The van der Waals surface area contributed by atoms with Gasteiger partial charge in [0.05, 0.1) is 5.69 Å². The van der Waals surface area contributed by atoms with Gasteiger partial charge in [0.15, 0.2) is 0 Å². The van der Waals surface area contributed by atoms with E-state index in [1.807, 2.05) is 39.0 Å². The van der Waals surface area contributed by atoms with Crippen LogP contribution >= 0.6 is 0 Å². The van der Waals surface area contributed by atoms with Gasteiger partial charge in [0.2, 0.25) is 5.95 Å². The number of hydrogen-bond donors (Lipinski definition) is 1. The fraction of sp³-hybridized carbons (Fsp3) is 0.375. The molecule has 5 heteroatoms. The number of anilines is 1. The highest BCUT2D eigenvalue weighted by Gasteiger charge is 2.14. The Labute approximate surface area is 123 Å². The van der Waals surface area contributed by atoms with E-state index < -0.39 is 6.43 Å². The van der Waals surface area contributed by atoms with E-state index in [0.29, 0.717) is 12.2 Å². The molecule has 0 aliphatic carbocycles. The summed E-state index contributed by atoms with van der Waals surface area (Å²) in [6.07, 6.45) is -1.73. The zero-order valence-corrected chi connectivity index (χ0v) is 12.5. The molecule has 0 bridgehead atoms. The molecule has 0 saturated heterocycles. The summed E-state index contributed by atoms with van der Waals surface area (Å²) in [6, 6.07) is 7.17. The first-order chi connectivity index (χ1) is 10.0. The minimum absolute atomic E-state index is 0.253. The normalized spacial score (nSPS) is 11.0. The summed E-state index contributed by atoms with van der Waals surface area (Å²) in [5.74, 6) is 0.253. The van der Waals surface area contributed by atoms with Gasteiger partial charge >= 0.3 is 0 Å². The van der Waals surface area contributed by atoms with Crippen LogP contribution in [-0.2, 0) is 0 Å². The molecule has 0 amide bonds. The SMILES string of the molecule is CCCNc1nc(-c2ccc(C)c(C)c2)cc(C(F)F)n1. The van der Waals surface area contributed by atoms with Gasteiger partial charge in [0, 0.05) is 12.1 Å². The number of aromatic nitrogens is 2. The lowest BCUT2D eigenvalue weighted by molar-refractivity contribution is 0.146. The summed E-state index contributed by atoms with van der Waals surface area (Å²) in [6.45, 7) is 6.65. The van der Waals surface area contributed by atoms with Gasteiger partial charge in [0.25, 0.3) is 6.43 Å². The molecule has 0 spiro atoms. The molecule has 0 radical (unpaired) electrons. The molecule has 0 saturated carbocycles. The van der Waals surface area contributed by atoms with Crippen molar-refractivity contribution in [3.8, 4) is 11.3 Å². The van der Waals surface area contributed by atoms with Crippen LogP contribution in [-0.4, -0.2) is 16.5 Å². The summed E-state index contributed by atoms with van der Waals surface area (Å²) in [5, 5.41) is 2.97. The fourth-order valence-electron chi connectivity index (χ4n) is 1.94. The lowest BCUT2D eigenvalue weighted by Crippen LogP contribution is -2.07. The van der Waals surface area contributed by atoms with Gasteiger partial charge < -0.3 is 5.32 Å². The topological polar surface area (TPSA) is 37.8 Å². The van der Waals surface area contributed by atoms with Crippen molar-refractivity contribution in [3.05, 3.63) is 41.1 Å². The molecule has 1 aromatic heterocycles. The molecule has 1 N–H and O–H groups in total. The van der Waals surface area contributed by atoms with Crippen LogP contribution in [0, 0.1) is 13.8 Å². The second-order valence-electron chi connectivity index (χ2n) is 5.03. The lowest BCUT2D eigenvalue weighted by Gasteiger charge is -2.10. The zero-order valence-electron chi connectivity index (χ0n) is 12.5. The van der Waals surface area contributed by atoms with Gasteiger partial charge in [-0.2, -0.15) is 0 Å². The Morgan fingerprint density at radius 1 is 1.10 bits per heavy atom. The minimum atomic E-state index is -2.61. The van der Waals surface area contributed by atoms with E-state index in [2.05, 4.69) is 15.3 Å². The van der Waals surface area contributed by atoms with Gasteiger partial charge in [-0.3, -0.25) is 0 Å². The van der Waals surface area contributed by atoms with Gasteiger partial charge in [-0.25, -0.2) is 18.7 Å². The third kappa shape index (κ3) is 3.74. The molecule has 0 atom stereocenters. The molecule has 0 fully saturated rings. The van der Waals surface area contributed by atoms with Crippen LogP contribution < -0.4 is 5.32 Å². The number of hydrogen-bond acceptors (Lipinski definition) is 3. The van der Waals surface area contributed by atoms with Crippen LogP contribution in [0.3, 0.4) is 0 Å². The number of alkyl halides is 2. The average Bonchev–Trinajstić information content (AvgIpc) is 2.47. The van der Waals surface area contributed by atoms with Gasteiger partial charge in [-0.05, 0) is 43.5 Å². The summed E-state index contributed by atoms with van der Waals surface area (Å²) in [7, 11) is 0. The van der Waals surface area contributed by atoms with E-state index in [4.69, 9.17) is 0 Å². The Balaban J connectivity index is 2.45. The third-order valence-electron chi connectivity index (χ3n) is 3.31. The third-order valence-corrected chi connectivity index (χ3v) is 3.31. The van der Waals surface area contributed by atoms with Crippen LogP contribution in [0.2, 0.25) is 0 Å². The van der Waals surface area contributed by atoms with Crippen LogP contribution in [0.15, 0.2) is 24.3 Å². The highest BCUT2D eigenvalue weighted by atomic mass is 19.3. The number of halogens is 2. The maximum Gasteiger partial charge on any atom is 0.280 e. The van der Waals surface area contributed by atoms with Crippen LogP contribution in [0.5, 0.6) is 0 Å². The Hall–Kier alpha value is -2.04. The quantitative estimate of drug-likeness (QED) is 0.880. The van der Waals surface area contributed by atoms with Crippen molar-refractivity contribution in [2.75, 3.05) is 11.9 Å². The van der Waals surface area contributed by atoms with Crippen molar-refractivity contribution in [2.24, 2.45) is 0 Å². The molecule has 21 heavy (non-hydrogen) atoms. The molecular weight excluding hydrogens is 272 g/mol. The predicted octanol–water partition coefficient (Wildman–Crippen LogP) is 4.52. The number of aryl methyl sites for hydroxylation is 2. The largest absolute Gasteiger partial charge is 0.354 e. The molecule has 3 nitrogen and oxygen atoms in total. The highest BCUT2D eigenvalue weighted by Crippen LogP contribution is 2.26. The molecule has 0 unspecified atom stereocenters. The highest BCUT2D eigenvalue weighted by molar-refractivity contribution is 5.62. The molecule has 112 valence electrons. The van der Waals surface area contributed by atoms with Crippen LogP contribution in [0.4, 0.5) is 14.7 Å². The first-order valence-corrected chi connectivity index (χ1v) is 7.00. The van der Waals surface area contributed by atoms with Gasteiger partial charge in [-0.15, -0.1) is 0 Å². The van der Waals surface area contributed by atoms with Gasteiger partial charge in [0.1, 0.15) is 5.69 Å². The fourth-order valence-corrected chi connectivity index (χ4v) is 1.94. The summed E-state index contributed by atoms with van der Waals surface area (Å²) >= 11 is 0. The van der Waals surface area contributed by atoms with Gasteiger partial charge in [-0.1, -0.05) is 19.1 Å². The Kier molecular flexibility index (Phi) is 4.83. The Morgan fingerprint density at radius 2 is 1.86 bits per heavy atom. The van der Waals surface area contributed by atoms with Crippen molar-refractivity contribution < 1.29 is 8.78 Å². The average molecular weight is 291 g/mol. The summed E-state index contributed by atoms with van der Waals surface area (Å²) < 4.78 is 26.0. The second-order valence-corrected chi connectivity index (χ2v) is 5.03. The molecule has 2 rings (SSSR count). The van der Waals surface area contributed by atoms with E-state index in [9.17, 15) is 8.78 Å². The monoisotopic (exact) mass is 291 g/mol. The zero-order chi connectivity index (χ0) is 15.4. The van der Waals surface area contributed by atoms with Crippen LogP contribution in [0.25, 0.3) is 11.3 Å². The minimum Gasteiger partial charge on any atom is -0.354 e. The number of rotatable bonds is 5. The maximum atomic E-state index is 13.0. The standard InChI is InChI=1S/C16H19F2N3/c1-4-7-19-16-20-13(9-14(21-16)15(17)18)12-6-5-10(2)11(3)8-12/h5-6,8-9,15H,4,7H2,1-3H3,(H,19,20,21). The van der Waals surface area contributed by atoms with Crippen molar-refractivity contribution >= 4 is 5.95 Å². The van der Waals surface area contributed by atoms with E-state index in [0.717, 1.165) is 23.1 Å². The van der Waals surface area contributed by atoms with E-state index in [1.54, 1.807) is 0 Å². The maximum absolute atomic E-state index is 13.0. The Morgan fingerprint density at radius 3 is 2.48 bits per heavy atom. The van der Waals surface area contributed by atoms with E-state index in [-0.39, 0.29) is 11.6 Å². The second kappa shape index (κ2) is 6.61. The Bertz CT molecular complexity index is 627. The summed E-state index contributed by atoms with van der Waals surface area (Å²) in [4.78, 5) is 8.20. The first kappa shape index (κ1) is 15.4. The van der Waals surface area contributed by atoms with Crippen LogP contribution in [0.1, 0.15) is 36.6 Å². The van der Waals surface area contributed by atoms with Crippen molar-refractivity contribution in [3.63, 3.8) is 0 Å². The predicted molar refractivity (Wildman–Crippen MR) is 80.7 cm³/mol. The van der Waals surface area contributed by atoms with Crippen molar-refractivity contribution in [2.45, 2.75) is 33.6 Å². The smallest absolute Gasteiger partial charge is 0.280 e. The molecular formula is C16H19F2N3. The molecule has 1 heterocycles. The van der Waals surface area contributed by atoms with Crippen molar-refractivity contribution in [1.29, 1.82) is 0 Å². The molecule has 0 aliphatic rings.